The van der Waals surface area contributed by atoms with E-state index in [9.17, 15) is 0 Å². The average Bonchev–Trinajstić information content (AvgIpc) is 3.03. The summed E-state index contributed by atoms with van der Waals surface area (Å²) in [7, 11) is 0. The van der Waals surface area contributed by atoms with Gasteiger partial charge in [-0.25, -0.2) is 0 Å². The van der Waals surface area contributed by atoms with Gasteiger partial charge < -0.3 is 10.6 Å². The fourth-order valence-electron chi connectivity index (χ4n) is 2.30. The zero-order valence-electron chi connectivity index (χ0n) is 9.02. The van der Waals surface area contributed by atoms with Crippen LogP contribution in [0.4, 0.5) is 0 Å². The second kappa shape index (κ2) is 4.45. The first-order valence-corrected chi connectivity index (χ1v) is 5.90. The highest BCUT2D eigenvalue weighted by Gasteiger charge is 2.52. The van der Waals surface area contributed by atoms with E-state index in [0.717, 1.165) is 31.0 Å². The third kappa shape index (κ3) is 2.58. The summed E-state index contributed by atoms with van der Waals surface area (Å²) in [5.41, 5.74) is 0.748. The number of hydrogen-bond donors (Lipinski definition) is 2. The second-order valence-corrected chi connectivity index (χ2v) is 4.81. The molecular weight excluding hydrogens is 172 g/mol. The molecule has 80 valence electrons. The lowest BCUT2D eigenvalue weighted by atomic mass is 10.0. The summed E-state index contributed by atoms with van der Waals surface area (Å²) in [6.45, 7) is 8.02. The molecule has 2 N–H and O–H groups in total. The van der Waals surface area contributed by atoms with Crippen molar-refractivity contribution in [2.24, 2.45) is 11.3 Å². The summed E-state index contributed by atoms with van der Waals surface area (Å²) in [6, 6.07) is 0. The van der Waals surface area contributed by atoms with Gasteiger partial charge in [-0.05, 0) is 37.0 Å². The van der Waals surface area contributed by atoms with Gasteiger partial charge in [-0.15, -0.1) is 6.58 Å². The molecule has 2 aliphatic rings. The van der Waals surface area contributed by atoms with Crippen LogP contribution in [0.5, 0.6) is 0 Å². The van der Waals surface area contributed by atoms with Crippen LogP contribution < -0.4 is 10.6 Å². The first-order chi connectivity index (χ1) is 6.87. The number of nitrogens with one attached hydrogen (secondary N) is 2. The van der Waals surface area contributed by atoms with E-state index in [2.05, 4.69) is 17.2 Å². The van der Waals surface area contributed by atoms with Gasteiger partial charge in [0.2, 0.25) is 0 Å². The lowest BCUT2D eigenvalue weighted by Crippen LogP contribution is -2.32. The first kappa shape index (κ1) is 10.2. The van der Waals surface area contributed by atoms with Crippen molar-refractivity contribution in [3.05, 3.63) is 12.7 Å². The van der Waals surface area contributed by atoms with Gasteiger partial charge in [0.25, 0.3) is 0 Å². The van der Waals surface area contributed by atoms with E-state index in [1.54, 1.807) is 0 Å². The Morgan fingerprint density at radius 3 is 2.50 bits per heavy atom. The first-order valence-electron chi connectivity index (χ1n) is 5.90. The Balaban J connectivity index is 1.48. The summed E-state index contributed by atoms with van der Waals surface area (Å²) >= 11 is 0. The van der Waals surface area contributed by atoms with Crippen molar-refractivity contribution in [2.75, 3.05) is 26.2 Å². The third-order valence-electron chi connectivity index (χ3n) is 3.58. The molecule has 0 saturated heterocycles. The number of hydrogen-bond acceptors (Lipinski definition) is 2. The van der Waals surface area contributed by atoms with E-state index in [0.29, 0.717) is 0 Å². The van der Waals surface area contributed by atoms with Crippen molar-refractivity contribution in [3.8, 4) is 0 Å². The summed E-state index contributed by atoms with van der Waals surface area (Å²) in [5.74, 6) is 1.08. The number of rotatable bonds is 8. The average molecular weight is 194 g/mol. The van der Waals surface area contributed by atoms with Crippen molar-refractivity contribution < 1.29 is 0 Å². The van der Waals surface area contributed by atoms with Crippen LogP contribution in [-0.4, -0.2) is 26.2 Å². The Kier molecular flexibility index (Phi) is 3.24. The third-order valence-corrected chi connectivity index (χ3v) is 3.58. The van der Waals surface area contributed by atoms with Crippen LogP contribution in [0.2, 0.25) is 0 Å². The molecule has 0 atom stereocenters. The van der Waals surface area contributed by atoms with Gasteiger partial charge in [0, 0.05) is 26.2 Å². The van der Waals surface area contributed by atoms with Gasteiger partial charge in [-0.1, -0.05) is 6.08 Å². The maximum absolute atomic E-state index is 3.68. The summed E-state index contributed by atoms with van der Waals surface area (Å²) in [5, 5.41) is 6.88. The van der Waals surface area contributed by atoms with Crippen LogP contribution in [0.25, 0.3) is 0 Å². The molecule has 2 fully saturated rings. The maximum atomic E-state index is 3.68. The van der Waals surface area contributed by atoms with E-state index in [4.69, 9.17) is 0 Å². The van der Waals surface area contributed by atoms with E-state index < -0.39 is 0 Å². The normalized spacial score (nSPS) is 23.4. The van der Waals surface area contributed by atoms with Gasteiger partial charge in [0.1, 0.15) is 0 Å². The molecule has 2 nitrogen and oxygen atoms in total. The Morgan fingerprint density at radius 2 is 1.93 bits per heavy atom. The topological polar surface area (TPSA) is 24.1 Å². The van der Waals surface area contributed by atoms with Gasteiger partial charge in [-0.3, -0.25) is 0 Å². The molecule has 0 radical (unpaired) electrons. The molecule has 0 spiro atoms. The van der Waals surface area contributed by atoms with E-state index in [-0.39, 0.29) is 0 Å². The van der Waals surface area contributed by atoms with Crippen LogP contribution in [0, 0.1) is 11.3 Å². The molecule has 2 rings (SSSR count). The fourth-order valence-corrected chi connectivity index (χ4v) is 2.30. The molecule has 2 saturated carbocycles. The smallest absolute Gasteiger partial charge is 0.0132 e. The largest absolute Gasteiger partial charge is 0.315 e. The second-order valence-electron chi connectivity index (χ2n) is 4.81. The lowest BCUT2D eigenvalue weighted by molar-refractivity contribution is 0.404. The molecular formula is C12H22N2. The predicted molar refractivity (Wildman–Crippen MR) is 60.3 cm³/mol. The molecule has 0 heterocycles. The van der Waals surface area contributed by atoms with Crippen molar-refractivity contribution in [1.29, 1.82) is 0 Å². The summed E-state index contributed by atoms with van der Waals surface area (Å²) in [6.07, 6.45) is 7.86. The zero-order chi connectivity index (χ0) is 9.86. The molecule has 0 aromatic rings. The van der Waals surface area contributed by atoms with Crippen molar-refractivity contribution in [1.82, 2.24) is 10.6 Å². The molecule has 2 heteroatoms. The fraction of sp³-hybridized carbons (Fsp3) is 0.833. The molecule has 0 aromatic carbocycles. The molecule has 0 bridgehead atoms. The predicted octanol–water partition coefficient (Wildman–Crippen LogP) is 1.54. The minimum atomic E-state index is 0.748. The molecule has 14 heavy (non-hydrogen) atoms. The van der Waals surface area contributed by atoms with Gasteiger partial charge >= 0.3 is 0 Å². The van der Waals surface area contributed by atoms with Crippen LogP contribution in [0.1, 0.15) is 25.7 Å². The lowest BCUT2D eigenvalue weighted by Gasteiger charge is -2.14. The van der Waals surface area contributed by atoms with Crippen LogP contribution >= 0.6 is 0 Å². The summed E-state index contributed by atoms with van der Waals surface area (Å²) < 4.78 is 0. The Morgan fingerprint density at radius 1 is 1.21 bits per heavy atom. The quantitative estimate of drug-likeness (QED) is 0.452. The minimum Gasteiger partial charge on any atom is -0.315 e. The van der Waals surface area contributed by atoms with Gasteiger partial charge in [0.15, 0.2) is 0 Å². The molecule has 0 aliphatic heterocycles. The maximum Gasteiger partial charge on any atom is 0.0132 e. The molecule has 0 aromatic heterocycles. The molecule has 0 unspecified atom stereocenters. The van der Waals surface area contributed by atoms with Crippen LogP contribution in [0.3, 0.4) is 0 Å². The standard InChI is InChI=1S/C12H22N2/c1-2-7-13-8-9-14-10-12(5-6-12)11-3-4-11/h2,11,13-14H,1,3-10H2. The van der Waals surface area contributed by atoms with Crippen molar-refractivity contribution in [2.45, 2.75) is 25.7 Å². The Bertz CT molecular complexity index is 192. The van der Waals surface area contributed by atoms with E-state index in [1.807, 2.05) is 6.08 Å². The zero-order valence-corrected chi connectivity index (χ0v) is 9.02. The Labute approximate surface area is 87.2 Å². The van der Waals surface area contributed by atoms with Crippen LogP contribution in [0.15, 0.2) is 12.7 Å². The van der Waals surface area contributed by atoms with Gasteiger partial charge in [0.05, 0.1) is 0 Å². The molecule has 0 amide bonds. The Hall–Kier alpha value is -0.340. The van der Waals surface area contributed by atoms with Crippen molar-refractivity contribution >= 4 is 0 Å². The van der Waals surface area contributed by atoms with Crippen molar-refractivity contribution in [3.63, 3.8) is 0 Å². The monoisotopic (exact) mass is 194 g/mol. The van der Waals surface area contributed by atoms with E-state index >= 15 is 0 Å². The minimum absolute atomic E-state index is 0.748. The highest BCUT2D eigenvalue weighted by molar-refractivity contribution is 5.04. The van der Waals surface area contributed by atoms with Crippen LogP contribution in [-0.2, 0) is 0 Å². The van der Waals surface area contributed by atoms with E-state index in [1.165, 1.54) is 32.2 Å². The highest BCUT2D eigenvalue weighted by Crippen LogP contribution is 2.60. The summed E-state index contributed by atoms with van der Waals surface area (Å²) in [4.78, 5) is 0. The SMILES string of the molecule is C=CCNCCNCC1(C2CC2)CC1. The highest BCUT2D eigenvalue weighted by atomic mass is 15.0. The van der Waals surface area contributed by atoms with Gasteiger partial charge in [-0.2, -0.15) is 0 Å². The molecule has 2 aliphatic carbocycles.